The van der Waals surface area contributed by atoms with Crippen LogP contribution in [0.4, 0.5) is 4.79 Å². The predicted molar refractivity (Wildman–Crippen MR) is 109 cm³/mol. The molecule has 8 nitrogen and oxygen atoms in total. The summed E-state index contributed by atoms with van der Waals surface area (Å²) in [7, 11) is 1.63. The highest BCUT2D eigenvalue weighted by Gasteiger charge is 2.22. The van der Waals surface area contributed by atoms with Crippen LogP contribution in [0.1, 0.15) is 33.6 Å². The first-order chi connectivity index (χ1) is 13.5. The van der Waals surface area contributed by atoms with E-state index in [1.165, 1.54) is 11.8 Å². The SMILES string of the molecule is CCCCn1c(SC(C)C(=O)NC(=O)NCC)nnc1-c1ccc(OC)cc1. The van der Waals surface area contributed by atoms with Gasteiger partial charge in [-0.2, -0.15) is 0 Å². The largest absolute Gasteiger partial charge is 0.497 e. The van der Waals surface area contributed by atoms with Crippen molar-refractivity contribution in [2.24, 2.45) is 0 Å². The van der Waals surface area contributed by atoms with Gasteiger partial charge in [0.25, 0.3) is 0 Å². The van der Waals surface area contributed by atoms with E-state index in [-0.39, 0.29) is 5.91 Å². The highest BCUT2D eigenvalue weighted by molar-refractivity contribution is 8.00. The zero-order valence-corrected chi connectivity index (χ0v) is 17.5. The number of amides is 3. The molecule has 3 amide bonds. The lowest BCUT2D eigenvalue weighted by Crippen LogP contribution is -2.42. The first-order valence-electron chi connectivity index (χ1n) is 9.33. The first-order valence-corrected chi connectivity index (χ1v) is 10.2. The third-order valence-electron chi connectivity index (χ3n) is 4.03. The standard InChI is InChI=1S/C19H27N5O3S/c1-5-7-12-24-16(14-8-10-15(27-4)11-9-14)22-23-19(24)28-13(3)17(25)21-18(26)20-6-2/h8-11,13H,5-7,12H2,1-4H3,(H2,20,21,25,26). The number of carbonyl (C=O) groups excluding carboxylic acids is 2. The third kappa shape index (κ3) is 5.72. The molecule has 2 N–H and O–H groups in total. The molecule has 152 valence electrons. The molecule has 0 aliphatic heterocycles. The summed E-state index contributed by atoms with van der Waals surface area (Å²) in [6, 6.07) is 7.13. The molecule has 2 rings (SSSR count). The molecule has 0 saturated heterocycles. The highest BCUT2D eigenvalue weighted by atomic mass is 32.2. The van der Waals surface area contributed by atoms with Gasteiger partial charge < -0.3 is 14.6 Å². The van der Waals surface area contributed by atoms with Gasteiger partial charge in [-0.25, -0.2) is 4.79 Å². The van der Waals surface area contributed by atoms with Crippen LogP contribution < -0.4 is 15.4 Å². The zero-order valence-electron chi connectivity index (χ0n) is 16.7. The molecule has 1 heterocycles. The molecule has 1 aromatic heterocycles. The Kier molecular flexibility index (Phi) is 8.31. The van der Waals surface area contributed by atoms with E-state index < -0.39 is 11.3 Å². The van der Waals surface area contributed by atoms with Crippen molar-refractivity contribution in [2.75, 3.05) is 13.7 Å². The quantitative estimate of drug-likeness (QED) is 0.622. The summed E-state index contributed by atoms with van der Waals surface area (Å²) in [6.07, 6.45) is 1.99. The molecule has 2 aromatic rings. The number of hydrogen-bond donors (Lipinski definition) is 2. The van der Waals surface area contributed by atoms with Crippen LogP contribution >= 0.6 is 11.8 Å². The Morgan fingerprint density at radius 1 is 1.21 bits per heavy atom. The molecule has 0 fully saturated rings. The van der Waals surface area contributed by atoms with Crippen LogP contribution in [-0.4, -0.2) is 45.6 Å². The van der Waals surface area contributed by atoms with Crippen molar-refractivity contribution < 1.29 is 14.3 Å². The van der Waals surface area contributed by atoms with Crippen LogP contribution in [0.5, 0.6) is 5.75 Å². The Bertz CT molecular complexity index is 791. The number of thioether (sulfide) groups is 1. The second-order valence-corrected chi connectivity index (χ2v) is 7.46. The average molecular weight is 406 g/mol. The minimum Gasteiger partial charge on any atom is -0.497 e. The number of carbonyl (C=O) groups is 2. The number of benzene rings is 1. The minimum atomic E-state index is -0.494. The molecule has 0 bridgehead atoms. The van der Waals surface area contributed by atoms with Gasteiger partial charge in [-0.15, -0.1) is 10.2 Å². The molecular formula is C19H27N5O3S. The van der Waals surface area contributed by atoms with Gasteiger partial charge in [-0.3, -0.25) is 10.1 Å². The Balaban J connectivity index is 2.20. The van der Waals surface area contributed by atoms with E-state index in [0.717, 1.165) is 36.5 Å². The smallest absolute Gasteiger partial charge is 0.321 e. The van der Waals surface area contributed by atoms with Crippen LogP contribution in [-0.2, 0) is 11.3 Å². The van der Waals surface area contributed by atoms with Crippen LogP contribution in [0.15, 0.2) is 29.4 Å². The molecule has 0 spiro atoms. The molecule has 9 heteroatoms. The summed E-state index contributed by atoms with van der Waals surface area (Å²) >= 11 is 1.28. The summed E-state index contributed by atoms with van der Waals surface area (Å²) in [4.78, 5) is 23.8. The highest BCUT2D eigenvalue weighted by Crippen LogP contribution is 2.28. The van der Waals surface area contributed by atoms with Gasteiger partial charge in [-0.1, -0.05) is 25.1 Å². The van der Waals surface area contributed by atoms with Crippen molar-refractivity contribution in [1.82, 2.24) is 25.4 Å². The molecule has 0 saturated carbocycles. The van der Waals surface area contributed by atoms with E-state index in [1.807, 2.05) is 28.8 Å². The number of ether oxygens (including phenoxy) is 1. The van der Waals surface area contributed by atoms with E-state index in [2.05, 4.69) is 27.8 Å². The van der Waals surface area contributed by atoms with Gasteiger partial charge in [-0.05, 0) is 44.5 Å². The van der Waals surface area contributed by atoms with E-state index in [9.17, 15) is 9.59 Å². The number of imide groups is 1. The number of rotatable bonds is 9. The monoisotopic (exact) mass is 405 g/mol. The molecule has 1 unspecified atom stereocenters. The van der Waals surface area contributed by atoms with Gasteiger partial charge in [0.05, 0.1) is 12.4 Å². The first kappa shape index (κ1) is 21.7. The van der Waals surface area contributed by atoms with E-state index in [0.29, 0.717) is 11.7 Å². The number of aromatic nitrogens is 3. The summed E-state index contributed by atoms with van der Waals surface area (Å²) in [5, 5.41) is 13.7. The van der Waals surface area contributed by atoms with Crippen LogP contribution in [0.3, 0.4) is 0 Å². The molecule has 1 aromatic carbocycles. The zero-order chi connectivity index (χ0) is 20.5. The topological polar surface area (TPSA) is 98.1 Å². The number of urea groups is 1. The second-order valence-electron chi connectivity index (χ2n) is 6.15. The Labute approximate surface area is 169 Å². The summed E-state index contributed by atoms with van der Waals surface area (Å²) in [5.74, 6) is 1.15. The van der Waals surface area contributed by atoms with E-state index in [1.54, 1.807) is 21.0 Å². The van der Waals surface area contributed by atoms with Crippen LogP contribution in [0, 0.1) is 0 Å². The maximum atomic E-state index is 12.2. The summed E-state index contributed by atoms with van der Waals surface area (Å²) < 4.78 is 7.23. The molecule has 0 aliphatic carbocycles. The van der Waals surface area contributed by atoms with E-state index in [4.69, 9.17) is 4.74 Å². The summed E-state index contributed by atoms with van der Waals surface area (Å²) in [5.41, 5.74) is 0.927. The molecule has 0 aliphatic rings. The lowest BCUT2D eigenvalue weighted by Gasteiger charge is -2.13. The fourth-order valence-electron chi connectivity index (χ4n) is 2.48. The fourth-order valence-corrected chi connectivity index (χ4v) is 3.35. The number of nitrogens with one attached hydrogen (secondary N) is 2. The number of hydrogen-bond acceptors (Lipinski definition) is 6. The lowest BCUT2D eigenvalue weighted by molar-refractivity contribution is -0.119. The predicted octanol–water partition coefficient (Wildman–Crippen LogP) is 3.08. The lowest BCUT2D eigenvalue weighted by atomic mass is 10.2. The normalized spacial score (nSPS) is 11.7. The van der Waals surface area contributed by atoms with Crippen LogP contribution in [0.25, 0.3) is 11.4 Å². The maximum Gasteiger partial charge on any atom is 0.321 e. The summed E-state index contributed by atoms with van der Waals surface area (Å²) in [6.45, 7) is 6.85. The Morgan fingerprint density at radius 2 is 1.93 bits per heavy atom. The maximum absolute atomic E-state index is 12.2. The number of methoxy groups -OCH3 is 1. The van der Waals surface area contributed by atoms with Gasteiger partial charge >= 0.3 is 6.03 Å². The Morgan fingerprint density at radius 3 is 2.54 bits per heavy atom. The number of unbranched alkanes of at least 4 members (excludes halogenated alkanes) is 1. The average Bonchev–Trinajstić information content (AvgIpc) is 3.08. The molecule has 0 radical (unpaired) electrons. The van der Waals surface area contributed by atoms with Crippen LogP contribution in [0.2, 0.25) is 0 Å². The molecule has 1 atom stereocenters. The third-order valence-corrected chi connectivity index (χ3v) is 5.11. The van der Waals surface area contributed by atoms with Gasteiger partial charge in [0.15, 0.2) is 11.0 Å². The van der Waals surface area contributed by atoms with Crippen molar-refractivity contribution >= 4 is 23.7 Å². The van der Waals surface area contributed by atoms with Crippen molar-refractivity contribution in [2.45, 2.75) is 50.6 Å². The second kappa shape index (κ2) is 10.7. The Hall–Kier alpha value is -2.55. The van der Waals surface area contributed by atoms with Gasteiger partial charge in [0.2, 0.25) is 5.91 Å². The van der Waals surface area contributed by atoms with Crippen molar-refractivity contribution in [1.29, 1.82) is 0 Å². The van der Waals surface area contributed by atoms with Crippen molar-refractivity contribution in [3.8, 4) is 17.1 Å². The van der Waals surface area contributed by atoms with Crippen molar-refractivity contribution in [3.63, 3.8) is 0 Å². The molecule has 28 heavy (non-hydrogen) atoms. The van der Waals surface area contributed by atoms with E-state index >= 15 is 0 Å². The van der Waals surface area contributed by atoms with Gasteiger partial charge in [0, 0.05) is 18.7 Å². The van der Waals surface area contributed by atoms with Crippen molar-refractivity contribution in [3.05, 3.63) is 24.3 Å². The minimum absolute atomic E-state index is 0.369. The van der Waals surface area contributed by atoms with Gasteiger partial charge in [0.1, 0.15) is 5.75 Å². The number of nitrogens with zero attached hydrogens (tertiary/aromatic N) is 3. The fraction of sp³-hybridized carbons (Fsp3) is 0.474. The molecular weight excluding hydrogens is 378 g/mol.